The fourth-order valence-corrected chi connectivity index (χ4v) is 2.25. The number of amides is 1. The molecule has 1 aromatic carbocycles. The molecule has 0 aliphatic rings. The number of benzene rings is 1. The first-order chi connectivity index (χ1) is 9.11. The van der Waals surface area contributed by atoms with Crippen LogP contribution in [0.2, 0.25) is 0 Å². The molecule has 0 radical (unpaired) electrons. The normalized spacial score (nSPS) is 10.8. The van der Waals surface area contributed by atoms with Crippen LogP contribution in [-0.2, 0) is 0 Å². The van der Waals surface area contributed by atoms with E-state index in [1.165, 1.54) is 0 Å². The second kappa shape index (κ2) is 4.55. The average Bonchev–Trinajstić information content (AvgIpc) is 2.95. The quantitative estimate of drug-likeness (QED) is 0.678. The summed E-state index contributed by atoms with van der Waals surface area (Å²) in [4.78, 5) is 15.2. The van der Waals surface area contributed by atoms with Gasteiger partial charge in [0.2, 0.25) is 0 Å². The second-order valence-corrected chi connectivity index (χ2v) is 5.22. The van der Waals surface area contributed by atoms with Crippen LogP contribution >= 0.6 is 15.9 Å². The van der Waals surface area contributed by atoms with Gasteiger partial charge in [-0.25, -0.2) is 0 Å². The van der Waals surface area contributed by atoms with Crippen LogP contribution in [0.1, 0.15) is 16.2 Å². The highest BCUT2D eigenvalue weighted by Gasteiger charge is 2.11. The number of nitrogens with one attached hydrogen (secondary N) is 3. The lowest BCUT2D eigenvalue weighted by atomic mass is 10.2. The van der Waals surface area contributed by atoms with Crippen LogP contribution in [0.5, 0.6) is 0 Å². The zero-order chi connectivity index (χ0) is 13.4. The molecule has 0 unspecified atom stereocenters. The van der Waals surface area contributed by atoms with E-state index in [1.807, 2.05) is 31.2 Å². The molecule has 0 saturated carbocycles. The van der Waals surface area contributed by atoms with Crippen LogP contribution in [0.4, 0.5) is 5.82 Å². The molecular weight excluding hydrogens is 308 g/mol. The van der Waals surface area contributed by atoms with Crippen molar-refractivity contribution >= 4 is 38.6 Å². The summed E-state index contributed by atoms with van der Waals surface area (Å²) in [6.07, 6.45) is 0. The van der Waals surface area contributed by atoms with Gasteiger partial charge in [-0.05, 0) is 25.1 Å². The van der Waals surface area contributed by atoms with E-state index in [-0.39, 0.29) is 5.91 Å². The van der Waals surface area contributed by atoms with Crippen molar-refractivity contribution in [3.63, 3.8) is 0 Å². The van der Waals surface area contributed by atoms with Crippen LogP contribution in [0.3, 0.4) is 0 Å². The van der Waals surface area contributed by atoms with Gasteiger partial charge in [-0.1, -0.05) is 22.0 Å². The summed E-state index contributed by atoms with van der Waals surface area (Å²) < 4.78 is 0.969. The standard InChI is InChI=1S/C13H11BrN4O/c1-7-4-12(18-17-7)16-13(19)11-5-8-2-3-9(14)6-10(8)15-11/h2-6,15H,1H3,(H2,16,17,18,19). The number of rotatable bonds is 2. The highest BCUT2D eigenvalue weighted by molar-refractivity contribution is 9.10. The van der Waals surface area contributed by atoms with E-state index in [0.29, 0.717) is 11.5 Å². The molecule has 0 spiro atoms. The molecule has 5 nitrogen and oxygen atoms in total. The first-order valence-electron chi connectivity index (χ1n) is 5.73. The number of fused-ring (bicyclic) bond motifs is 1. The number of carbonyl (C=O) groups is 1. The molecule has 96 valence electrons. The van der Waals surface area contributed by atoms with Crippen LogP contribution in [-0.4, -0.2) is 21.1 Å². The number of anilines is 1. The van der Waals surface area contributed by atoms with Gasteiger partial charge in [0, 0.05) is 27.1 Å². The maximum Gasteiger partial charge on any atom is 0.273 e. The fraction of sp³-hybridized carbons (Fsp3) is 0.0769. The Labute approximate surface area is 117 Å². The van der Waals surface area contributed by atoms with Crippen molar-refractivity contribution in [3.8, 4) is 0 Å². The third kappa shape index (κ3) is 2.39. The Hall–Kier alpha value is -2.08. The molecule has 3 aromatic rings. The topological polar surface area (TPSA) is 73.6 Å². The summed E-state index contributed by atoms with van der Waals surface area (Å²) in [6.45, 7) is 1.88. The Morgan fingerprint density at radius 2 is 2.16 bits per heavy atom. The molecule has 0 saturated heterocycles. The van der Waals surface area contributed by atoms with Crippen molar-refractivity contribution in [2.24, 2.45) is 0 Å². The molecule has 2 aromatic heterocycles. The average molecular weight is 319 g/mol. The molecule has 2 heterocycles. The lowest BCUT2D eigenvalue weighted by Crippen LogP contribution is -2.12. The summed E-state index contributed by atoms with van der Waals surface area (Å²) >= 11 is 3.40. The van der Waals surface area contributed by atoms with E-state index < -0.39 is 0 Å². The summed E-state index contributed by atoms with van der Waals surface area (Å²) in [5, 5.41) is 10.5. The molecule has 3 N–H and O–H groups in total. The predicted octanol–water partition coefficient (Wildman–Crippen LogP) is 3.21. The molecule has 0 aliphatic heterocycles. The fourth-order valence-electron chi connectivity index (χ4n) is 1.89. The van der Waals surface area contributed by atoms with E-state index >= 15 is 0 Å². The largest absolute Gasteiger partial charge is 0.350 e. The van der Waals surface area contributed by atoms with Crippen molar-refractivity contribution in [2.75, 3.05) is 5.32 Å². The number of H-pyrrole nitrogens is 2. The van der Waals surface area contributed by atoms with E-state index in [4.69, 9.17) is 0 Å². The third-order valence-corrected chi connectivity index (χ3v) is 3.27. The van der Waals surface area contributed by atoms with Gasteiger partial charge in [-0.3, -0.25) is 9.89 Å². The Morgan fingerprint density at radius 1 is 1.32 bits per heavy atom. The maximum atomic E-state index is 12.1. The number of aromatic amines is 2. The molecule has 0 atom stereocenters. The smallest absolute Gasteiger partial charge is 0.273 e. The number of aromatic nitrogens is 3. The number of aryl methyl sites for hydroxylation is 1. The minimum Gasteiger partial charge on any atom is -0.350 e. The van der Waals surface area contributed by atoms with E-state index in [2.05, 4.69) is 36.4 Å². The Kier molecular flexibility index (Phi) is 2.87. The number of carbonyl (C=O) groups excluding carboxylic acids is 1. The molecule has 0 fully saturated rings. The van der Waals surface area contributed by atoms with Gasteiger partial charge in [-0.15, -0.1) is 0 Å². The van der Waals surface area contributed by atoms with E-state index in [1.54, 1.807) is 6.07 Å². The highest BCUT2D eigenvalue weighted by Crippen LogP contribution is 2.20. The first-order valence-corrected chi connectivity index (χ1v) is 6.53. The Balaban J connectivity index is 1.89. The van der Waals surface area contributed by atoms with Gasteiger partial charge < -0.3 is 10.3 Å². The lowest BCUT2D eigenvalue weighted by Gasteiger charge is -1.97. The molecule has 6 heteroatoms. The SMILES string of the molecule is Cc1cc(NC(=O)c2cc3ccc(Br)cc3[nH]2)n[nH]1. The number of hydrogen-bond donors (Lipinski definition) is 3. The van der Waals surface area contributed by atoms with E-state index in [0.717, 1.165) is 21.1 Å². The van der Waals surface area contributed by atoms with Crippen LogP contribution in [0.15, 0.2) is 34.8 Å². The monoisotopic (exact) mass is 318 g/mol. The van der Waals surface area contributed by atoms with Gasteiger partial charge in [0.05, 0.1) is 0 Å². The molecule has 1 amide bonds. The van der Waals surface area contributed by atoms with Crippen molar-refractivity contribution < 1.29 is 4.79 Å². The highest BCUT2D eigenvalue weighted by atomic mass is 79.9. The molecule has 0 bridgehead atoms. The number of halogens is 1. The van der Waals surface area contributed by atoms with Gasteiger partial charge in [0.15, 0.2) is 5.82 Å². The predicted molar refractivity (Wildman–Crippen MR) is 77.3 cm³/mol. The molecule has 3 rings (SSSR count). The van der Waals surface area contributed by atoms with Gasteiger partial charge in [0.1, 0.15) is 5.69 Å². The zero-order valence-corrected chi connectivity index (χ0v) is 11.7. The Morgan fingerprint density at radius 3 is 2.89 bits per heavy atom. The molecule has 19 heavy (non-hydrogen) atoms. The lowest BCUT2D eigenvalue weighted by molar-refractivity contribution is 0.102. The van der Waals surface area contributed by atoms with Gasteiger partial charge in [-0.2, -0.15) is 5.10 Å². The molecule has 0 aliphatic carbocycles. The van der Waals surface area contributed by atoms with Crippen molar-refractivity contribution in [3.05, 3.63) is 46.2 Å². The van der Waals surface area contributed by atoms with Crippen LogP contribution in [0.25, 0.3) is 10.9 Å². The summed E-state index contributed by atoms with van der Waals surface area (Å²) in [5.74, 6) is 0.307. The first kappa shape index (κ1) is 12.0. The summed E-state index contributed by atoms with van der Waals surface area (Å²) in [7, 11) is 0. The van der Waals surface area contributed by atoms with Crippen molar-refractivity contribution in [1.82, 2.24) is 15.2 Å². The van der Waals surface area contributed by atoms with Crippen LogP contribution < -0.4 is 5.32 Å². The van der Waals surface area contributed by atoms with E-state index in [9.17, 15) is 4.79 Å². The third-order valence-electron chi connectivity index (χ3n) is 2.78. The summed E-state index contributed by atoms with van der Waals surface area (Å²) in [5.41, 5.74) is 2.32. The number of hydrogen-bond acceptors (Lipinski definition) is 2. The van der Waals surface area contributed by atoms with Crippen molar-refractivity contribution in [2.45, 2.75) is 6.92 Å². The second-order valence-electron chi connectivity index (χ2n) is 4.30. The zero-order valence-electron chi connectivity index (χ0n) is 10.1. The summed E-state index contributed by atoms with van der Waals surface area (Å²) in [6, 6.07) is 9.42. The molecular formula is C13H11BrN4O. The van der Waals surface area contributed by atoms with Gasteiger partial charge >= 0.3 is 0 Å². The van der Waals surface area contributed by atoms with Crippen molar-refractivity contribution in [1.29, 1.82) is 0 Å². The van der Waals surface area contributed by atoms with Crippen LogP contribution in [0, 0.1) is 6.92 Å². The minimum atomic E-state index is -0.209. The number of nitrogens with zero attached hydrogens (tertiary/aromatic N) is 1. The van der Waals surface area contributed by atoms with Gasteiger partial charge in [0.25, 0.3) is 5.91 Å². The maximum absolute atomic E-state index is 12.1. The minimum absolute atomic E-state index is 0.209. The Bertz CT molecular complexity index is 759.